The van der Waals surface area contributed by atoms with E-state index in [1.165, 1.54) is 20.2 Å². The van der Waals surface area contributed by atoms with Gasteiger partial charge in [-0.2, -0.15) is 0 Å². The molecule has 6 heteroatoms. The molecule has 0 spiro atoms. The second-order valence-electron chi connectivity index (χ2n) is 2.73. The summed E-state index contributed by atoms with van der Waals surface area (Å²) >= 11 is 6.20. The zero-order valence-electron chi connectivity index (χ0n) is 8.05. The van der Waals surface area contributed by atoms with Crippen LogP contribution in [0.15, 0.2) is 21.1 Å². The van der Waals surface area contributed by atoms with Crippen LogP contribution in [-0.2, 0) is 4.84 Å². The molecule has 3 nitrogen and oxygen atoms in total. The van der Waals surface area contributed by atoms with Crippen molar-refractivity contribution in [1.82, 2.24) is 5.06 Å². The predicted octanol–water partition coefficient (Wildman–Crippen LogP) is 2.98. The van der Waals surface area contributed by atoms with Gasteiger partial charge < -0.3 is 0 Å². The monoisotopic (exact) mass is 339 g/mol. The van der Waals surface area contributed by atoms with Crippen molar-refractivity contribution in [3.63, 3.8) is 0 Å². The van der Waals surface area contributed by atoms with Gasteiger partial charge in [0.2, 0.25) is 0 Å². The third-order valence-electron chi connectivity index (χ3n) is 1.80. The van der Waals surface area contributed by atoms with Crippen LogP contribution in [-0.4, -0.2) is 25.1 Å². The number of benzene rings is 1. The number of halogens is 3. The smallest absolute Gasteiger partial charge is 0.274 e. The maximum absolute atomic E-state index is 13.2. The molecule has 0 saturated heterocycles. The molecule has 0 radical (unpaired) electrons. The lowest BCUT2D eigenvalue weighted by atomic mass is 10.2. The molecule has 0 heterocycles. The molecule has 0 N–H and O–H groups in total. The van der Waals surface area contributed by atoms with E-state index in [0.29, 0.717) is 8.95 Å². The van der Waals surface area contributed by atoms with Crippen molar-refractivity contribution in [2.24, 2.45) is 0 Å². The van der Waals surface area contributed by atoms with Gasteiger partial charge in [0.15, 0.2) is 0 Å². The highest BCUT2D eigenvalue weighted by Gasteiger charge is 2.17. The molecule has 0 aliphatic carbocycles. The van der Waals surface area contributed by atoms with Crippen LogP contribution in [0.1, 0.15) is 10.4 Å². The standard InChI is InChI=1S/C9H8Br2FNO2/c1-13(15-2)9(14)5-3-8(12)7(11)4-6(5)10/h3-4H,1-2H3. The Hall–Kier alpha value is -0.460. The molecule has 0 atom stereocenters. The van der Waals surface area contributed by atoms with E-state index >= 15 is 0 Å². The Kier molecular flexibility index (Phi) is 4.24. The van der Waals surface area contributed by atoms with Crippen molar-refractivity contribution in [2.75, 3.05) is 14.2 Å². The Labute approximate surface area is 103 Å². The Morgan fingerprint density at radius 2 is 2.00 bits per heavy atom. The van der Waals surface area contributed by atoms with Crippen LogP contribution in [0.2, 0.25) is 0 Å². The van der Waals surface area contributed by atoms with Gasteiger partial charge in [-0.1, -0.05) is 0 Å². The summed E-state index contributed by atoms with van der Waals surface area (Å²) in [5.41, 5.74) is 0.208. The van der Waals surface area contributed by atoms with Crippen LogP contribution in [0.5, 0.6) is 0 Å². The molecule has 1 aromatic rings. The highest BCUT2D eigenvalue weighted by atomic mass is 79.9. The Bertz CT molecular complexity index is 398. The lowest BCUT2D eigenvalue weighted by Crippen LogP contribution is -2.25. The number of carbonyl (C=O) groups is 1. The van der Waals surface area contributed by atoms with Gasteiger partial charge in [-0.25, -0.2) is 9.45 Å². The molecule has 15 heavy (non-hydrogen) atoms. The molecule has 1 rings (SSSR count). The summed E-state index contributed by atoms with van der Waals surface area (Å²) in [5.74, 6) is -0.915. The molecule has 1 aromatic carbocycles. The highest BCUT2D eigenvalue weighted by Crippen LogP contribution is 2.25. The number of rotatable bonds is 2. The first-order chi connectivity index (χ1) is 6.97. The van der Waals surface area contributed by atoms with Crippen molar-refractivity contribution in [2.45, 2.75) is 0 Å². The quantitative estimate of drug-likeness (QED) is 0.612. The minimum absolute atomic E-state index is 0.208. The van der Waals surface area contributed by atoms with Crippen LogP contribution in [0.4, 0.5) is 4.39 Å². The first-order valence-electron chi connectivity index (χ1n) is 3.94. The zero-order valence-corrected chi connectivity index (χ0v) is 11.2. The Morgan fingerprint density at radius 1 is 1.40 bits per heavy atom. The van der Waals surface area contributed by atoms with E-state index in [1.54, 1.807) is 0 Å². The van der Waals surface area contributed by atoms with Gasteiger partial charge in [0.1, 0.15) is 5.82 Å². The van der Waals surface area contributed by atoms with E-state index in [2.05, 4.69) is 31.9 Å². The van der Waals surface area contributed by atoms with Crippen LogP contribution in [0.3, 0.4) is 0 Å². The zero-order chi connectivity index (χ0) is 11.6. The van der Waals surface area contributed by atoms with Crippen molar-refractivity contribution in [3.05, 3.63) is 32.5 Å². The number of hydrogen-bond donors (Lipinski definition) is 0. The molecular weight excluding hydrogens is 333 g/mol. The van der Waals surface area contributed by atoms with Gasteiger partial charge in [-0.15, -0.1) is 0 Å². The van der Waals surface area contributed by atoms with E-state index < -0.39 is 11.7 Å². The summed E-state index contributed by atoms with van der Waals surface area (Å²) in [5, 5.41) is 1.02. The van der Waals surface area contributed by atoms with Gasteiger partial charge in [-0.05, 0) is 44.0 Å². The maximum atomic E-state index is 13.2. The predicted molar refractivity (Wildman–Crippen MR) is 60.9 cm³/mol. The summed E-state index contributed by atoms with van der Waals surface area (Å²) in [6.07, 6.45) is 0. The molecule has 0 unspecified atom stereocenters. The van der Waals surface area contributed by atoms with E-state index in [1.807, 2.05) is 0 Å². The lowest BCUT2D eigenvalue weighted by molar-refractivity contribution is -0.0757. The second-order valence-corrected chi connectivity index (χ2v) is 4.44. The molecule has 0 aliphatic heterocycles. The summed E-state index contributed by atoms with van der Waals surface area (Å²) in [6.45, 7) is 0. The number of nitrogens with zero attached hydrogens (tertiary/aromatic N) is 1. The molecule has 0 aliphatic rings. The van der Waals surface area contributed by atoms with E-state index in [9.17, 15) is 9.18 Å². The summed E-state index contributed by atoms with van der Waals surface area (Å²) in [4.78, 5) is 16.4. The first-order valence-corrected chi connectivity index (χ1v) is 5.52. The van der Waals surface area contributed by atoms with Crippen molar-refractivity contribution < 1.29 is 14.0 Å². The Balaban J connectivity index is 3.15. The molecule has 0 saturated carbocycles. The SMILES string of the molecule is CON(C)C(=O)c1cc(F)c(Br)cc1Br. The van der Waals surface area contributed by atoms with Crippen LogP contribution in [0.25, 0.3) is 0 Å². The summed E-state index contributed by atoms with van der Waals surface area (Å²) in [6, 6.07) is 2.62. The average Bonchev–Trinajstić information content (AvgIpc) is 2.21. The molecule has 0 bridgehead atoms. The van der Waals surface area contributed by atoms with Crippen LogP contribution in [0, 0.1) is 5.82 Å². The van der Waals surface area contributed by atoms with Gasteiger partial charge in [0.05, 0.1) is 17.1 Å². The normalized spacial score (nSPS) is 10.2. The minimum atomic E-state index is -0.494. The number of amides is 1. The van der Waals surface area contributed by atoms with E-state index in [0.717, 1.165) is 11.1 Å². The fraction of sp³-hybridized carbons (Fsp3) is 0.222. The first kappa shape index (κ1) is 12.6. The van der Waals surface area contributed by atoms with Crippen molar-refractivity contribution >= 4 is 37.8 Å². The third-order valence-corrected chi connectivity index (χ3v) is 3.06. The van der Waals surface area contributed by atoms with Crippen LogP contribution >= 0.6 is 31.9 Å². The van der Waals surface area contributed by atoms with Crippen LogP contribution < -0.4 is 0 Å². The van der Waals surface area contributed by atoms with E-state index in [4.69, 9.17) is 4.84 Å². The second kappa shape index (κ2) is 5.05. The van der Waals surface area contributed by atoms with Gasteiger partial charge in [0.25, 0.3) is 5.91 Å². The maximum Gasteiger partial charge on any atom is 0.278 e. The molecule has 0 fully saturated rings. The molecular formula is C9H8Br2FNO2. The minimum Gasteiger partial charge on any atom is -0.274 e. The van der Waals surface area contributed by atoms with Crippen molar-refractivity contribution in [1.29, 1.82) is 0 Å². The number of carbonyl (C=O) groups excluding carboxylic acids is 1. The third kappa shape index (κ3) is 2.76. The van der Waals surface area contributed by atoms with Gasteiger partial charge in [0, 0.05) is 11.5 Å². The lowest BCUT2D eigenvalue weighted by Gasteiger charge is -2.14. The van der Waals surface area contributed by atoms with Gasteiger partial charge in [-0.3, -0.25) is 9.63 Å². The summed E-state index contributed by atoms with van der Waals surface area (Å²) in [7, 11) is 2.82. The van der Waals surface area contributed by atoms with Crippen molar-refractivity contribution in [3.8, 4) is 0 Å². The Morgan fingerprint density at radius 3 is 2.53 bits per heavy atom. The number of hydroxylamine groups is 2. The molecule has 0 aromatic heterocycles. The van der Waals surface area contributed by atoms with Gasteiger partial charge >= 0.3 is 0 Å². The number of hydrogen-bond acceptors (Lipinski definition) is 2. The largest absolute Gasteiger partial charge is 0.278 e. The highest BCUT2D eigenvalue weighted by molar-refractivity contribution is 9.11. The summed E-state index contributed by atoms with van der Waals surface area (Å²) < 4.78 is 14.0. The molecule has 82 valence electrons. The molecule has 1 amide bonds. The fourth-order valence-electron chi connectivity index (χ4n) is 0.939. The topological polar surface area (TPSA) is 29.5 Å². The average molecular weight is 341 g/mol. The fourth-order valence-corrected chi connectivity index (χ4v) is 2.10. The van der Waals surface area contributed by atoms with E-state index in [-0.39, 0.29) is 5.56 Å².